The third-order valence-corrected chi connectivity index (χ3v) is 3.89. The lowest BCUT2D eigenvalue weighted by atomic mass is 10.1. The molecule has 0 aromatic carbocycles. The van der Waals surface area contributed by atoms with Gasteiger partial charge in [0.1, 0.15) is 0 Å². The molecular weight excluding hydrogens is 262 g/mol. The van der Waals surface area contributed by atoms with E-state index in [0.717, 1.165) is 42.5 Å². The van der Waals surface area contributed by atoms with E-state index in [1.807, 2.05) is 23.0 Å². The molecule has 0 N–H and O–H groups in total. The lowest BCUT2D eigenvalue weighted by Crippen LogP contribution is -2.36. The summed E-state index contributed by atoms with van der Waals surface area (Å²) in [7, 11) is 0. The Morgan fingerprint density at radius 2 is 2.05 bits per heavy atom. The molecule has 1 aliphatic heterocycles. The first-order valence-corrected chi connectivity index (χ1v) is 7.04. The number of hydrogen-bond donors (Lipinski definition) is 0. The van der Waals surface area contributed by atoms with Crippen LogP contribution in [-0.4, -0.2) is 35.9 Å². The van der Waals surface area contributed by atoms with Crippen molar-refractivity contribution in [3.05, 3.63) is 29.0 Å². The largest absolute Gasteiger partial charge is 0.378 e. The highest BCUT2D eigenvalue weighted by molar-refractivity contribution is 6.33. The summed E-state index contributed by atoms with van der Waals surface area (Å²) in [6.45, 7) is 7.60. The fraction of sp³-hybridized carbons (Fsp3) is 0.500. The van der Waals surface area contributed by atoms with Crippen molar-refractivity contribution in [2.24, 2.45) is 0 Å². The maximum absolute atomic E-state index is 6.45. The molecule has 0 amide bonds. The molecular formula is C14H18ClN3O. The van der Waals surface area contributed by atoms with Crippen LogP contribution >= 0.6 is 11.6 Å². The van der Waals surface area contributed by atoms with Gasteiger partial charge in [-0.25, -0.2) is 4.52 Å². The third kappa shape index (κ3) is 2.30. The van der Waals surface area contributed by atoms with E-state index >= 15 is 0 Å². The molecule has 102 valence electrons. The van der Waals surface area contributed by atoms with Crippen LogP contribution in [0.2, 0.25) is 5.02 Å². The molecule has 1 saturated heterocycles. The van der Waals surface area contributed by atoms with Crippen LogP contribution in [-0.2, 0) is 4.74 Å². The Labute approximate surface area is 117 Å². The Hall–Kier alpha value is -1.26. The van der Waals surface area contributed by atoms with Gasteiger partial charge in [0.25, 0.3) is 0 Å². The fourth-order valence-corrected chi connectivity index (χ4v) is 2.76. The number of fused-ring (bicyclic) bond motifs is 1. The second-order valence-corrected chi connectivity index (χ2v) is 5.60. The molecule has 1 aliphatic rings. The second-order valence-electron chi connectivity index (χ2n) is 5.19. The van der Waals surface area contributed by atoms with Crippen molar-refractivity contribution in [3.63, 3.8) is 0 Å². The van der Waals surface area contributed by atoms with Crippen LogP contribution < -0.4 is 4.90 Å². The number of nitrogens with zero attached hydrogens (tertiary/aromatic N) is 3. The summed E-state index contributed by atoms with van der Waals surface area (Å²) in [6, 6.07) is 2.02. The maximum atomic E-state index is 6.45. The fourth-order valence-electron chi connectivity index (χ4n) is 2.49. The van der Waals surface area contributed by atoms with Crippen LogP contribution in [0.5, 0.6) is 0 Å². The van der Waals surface area contributed by atoms with Gasteiger partial charge in [0, 0.05) is 18.7 Å². The van der Waals surface area contributed by atoms with Gasteiger partial charge >= 0.3 is 0 Å². The predicted octanol–water partition coefficient (Wildman–Crippen LogP) is 2.95. The van der Waals surface area contributed by atoms with E-state index in [-0.39, 0.29) is 0 Å². The molecule has 1 fully saturated rings. The first-order valence-electron chi connectivity index (χ1n) is 6.66. The van der Waals surface area contributed by atoms with Crippen LogP contribution in [0.3, 0.4) is 0 Å². The van der Waals surface area contributed by atoms with Crippen molar-refractivity contribution in [3.8, 4) is 0 Å². The van der Waals surface area contributed by atoms with E-state index in [4.69, 9.17) is 16.3 Å². The molecule has 0 bridgehead atoms. The first-order chi connectivity index (χ1) is 9.16. The summed E-state index contributed by atoms with van der Waals surface area (Å²) in [4.78, 5) is 2.25. The van der Waals surface area contributed by atoms with Crippen molar-refractivity contribution in [2.45, 2.75) is 19.8 Å². The molecule has 3 rings (SSSR count). The van der Waals surface area contributed by atoms with Crippen LogP contribution in [0.1, 0.15) is 25.3 Å². The molecule has 4 nitrogen and oxygen atoms in total. The Morgan fingerprint density at radius 3 is 2.74 bits per heavy atom. The van der Waals surface area contributed by atoms with Crippen molar-refractivity contribution < 1.29 is 4.74 Å². The van der Waals surface area contributed by atoms with E-state index in [0.29, 0.717) is 5.92 Å². The molecule has 0 unspecified atom stereocenters. The summed E-state index contributed by atoms with van der Waals surface area (Å²) >= 11 is 6.45. The predicted molar refractivity (Wildman–Crippen MR) is 77.3 cm³/mol. The van der Waals surface area contributed by atoms with Crippen LogP contribution in [0.25, 0.3) is 5.52 Å². The SMILES string of the molecule is CC(C)c1cnn2cc(N3CCOCC3)c(Cl)cc12. The van der Waals surface area contributed by atoms with Gasteiger partial charge in [0.15, 0.2) is 0 Å². The quantitative estimate of drug-likeness (QED) is 0.847. The van der Waals surface area contributed by atoms with Crippen molar-refractivity contribution in [1.29, 1.82) is 0 Å². The van der Waals surface area contributed by atoms with Gasteiger partial charge in [-0.2, -0.15) is 5.10 Å². The summed E-state index contributed by atoms with van der Waals surface area (Å²) in [6.07, 6.45) is 3.95. The van der Waals surface area contributed by atoms with E-state index in [1.54, 1.807) is 0 Å². The van der Waals surface area contributed by atoms with Gasteiger partial charge in [-0.3, -0.25) is 0 Å². The van der Waals surface area contributed by atoms with Gasteiger partial charge in [-0.05, 0) is 12.0 Å². The maximum Gasteiger partial charge on any atom is 0.0744 e. The van der Waals surface area contributed by atoms with Crippen LogP contribution in [0.4, 0.5) is 5.69 Å². The zero-order chi connectivity index (χ0) is 13.4. The highest BCUT2D eigenvalue weighted by atomic mass is 35.5. The zero-order valence-corrected chi connectivity index (χ0v) is 12.0. The zero-order valence-electron chi connectivity index (χ0n) is 11.3. The van der Waals surface area contributed by atoms with Gasteiger partial charge in [-0.1, -0.05) is 25.4 Å². The molecule has 0 atom stereocenters. The summed E-state index contributed by atoms with van der Waals surface area (Å²) in [5.41, 5.74) is 3.36. The molecule has 0 radical (unpaired) electrons. The minimum absolute atomic E-state index is 0.447. The number of pyridine rings is 1. The smallest absolute Gasteiger partial charge is 0.0744 e. The van der Waals surface area contributed by atoms with Gasteiger partial charge in [-0.15, -0.1) is 0 Å². The number of hydrogen-bond acceptors (Lipinski definition) is 3. The van der Waals surface area contributed by atoms with E-state index < -0.39 is 0 Å². The average Bonchev–Trinajstić information content (AvgIpc) is 2.81. The summed E-state index contributed by atoms with van der Waals surface area (Å²) in [5.74, 6) is 0.447. The molecule has 5 heteroatoms. The minimum Gasteiger partial charge on any atom is -0.378 e. The Morgan fingerprint density at radius 1 is 1.32 bits per heavy atom. The monoisotopic (exact) mass is 279 g/mol. The second kappa shape index (κ2) is 5.02. The number of ether oxygens (including phenoxy) is 1. The van der Waals surface area contributed by atoms with Gasteiger partial charge in [0.2, 0.25) is 0 Å². The van der Waals surface area contributed by atoms with Gasteiger partial charge < -0.3 is 9.64 Å². The standard InChI is InChI=1S/C14H18ClN3O/c1-10(2)11-8-16-18-9-14(12(15)7-13(11)18)17-3-5-19-6-4-17/h7-10H,3-6H2,1-2H3. The topological polar surface area (TPSA) is 29.8 Å². The molecule has 0 spiro atoms. The van der Waals surface area contributed by atoms with Crippen molar-refractivity contribution in [1.82, 2.24) is 9.61 Å². The first kappa shape index (κ1) is 12.8. The molecule has 0 saturated carbocycles. The Balaban J connectivity index is 2.04. The number of morpholine rings is 1. The van der Waals surface area contributed by atoms with E-state index in [9.17, 15) is 0 Å². The molecule has 19 heavy (non-hydrogen) atoms. The van der Waals surface area contributed by atoms with E-state index in [1.165, 1.54) is 5.56 Å². The highest BCUT2D eigenvalue weighted by Crippen LogP contribution is 2.30. The lowest BCUT2D eigenvalue weighted by molar-refractivity contribution is 0.122. The number of rotatable bonds is 2. The number of anilines is 1. The highest BCUT2D eigenvalue weighted by Gasteiger charge is 2.17. The summed E-state index contributed by atoms with van der Waals surface area (Å²) in [5, 5.41) is 5.23. The molecule has 2 aromatic heterocycles. The van der Waals surface area contributed by atoms with Gasteiger partial charge in [0.05, 0.1) is 41.8 Å². The molecule has 0 aliphatic carbocycles. The Bertz CT molecular complexity index is 588. The molecule has 2 aromatic rings. The number of aromatic nitrogens is 2. The van der Waals surface area contributed by atoms with Crippen molar-refractivity contribution in [2.75, 3.05) is 31.2 Å². The molecule has 3 heterocycles. The Kier molecular flexibility index (Phi) is 3.37. The van der Waals surface area contributed by atoms with Crippen LogP contribution in [0, 0.1) is 0 Å². The normalized spacial score (nSPS) is 16.5. The summed E-state index contributed by atoms with van der Waals surface area (Å²) < 4.78 is 7.30. The average molecular weight is 280 g/mol. The third-order valence-electron chi connectivity index (χ3n) is 3.59. The van der Waals surface area contributed by atoms with Crippen molar-refractivity contribution >= 4 is 22.8 Å². The lowest BCUT2D eigenvalue weighted by Gasteiger charge is -2.29. The van der Waals surface area contributed by atoms with Crippen LogP contribution in [0.15, 0.2) is 18.5 Å². The minimum atomic E-state index is 0.447. The van der Waals surface area contributed by atoms with E-state index in [2.05, 4.69) is 23.8 Å². The number of halogens is 1.